The molecule has 5 heteroatoms. The summed E-state index contributed by atoms with van der Waals surface area (Å²) in [6.07, 6.45) is 4.14. The molecule has 0 bridgehead atoms. The Hall–Kier alpha value is -1.43. The van der Waals surface area contributed by atoms with E-state index in [4.69, 9.17) is 0 Å². The molecule has 0 unspecified atom stereocenters. The molecule has 2 saturated heterocycles. The van der Waals surface area contributed by atoms with Gasteiger partial charge in [-0.2, -0.15) is 0 Å². The first-order valence-electron chi connectivity index (χ1n) is 9.63. The van der Waals surface area contributed by atoms with Gasteiger partial charge in [-0.15, -0.1) is 0 Å². The number of amides is 1. The quantitative estimate of drug-likeness (QED) is 0.890. The molecule has 1 atom stereocenters. The van der Waals surface area contributed by atoms with Gasteiger partial charge in [-0.25, -0.2) is 0 Å². The second kappa shape index (κ2) is 7.06. The third kappa shape index (κ3) is 3.89. The van der Waals surface area contributed by atoms with E-state index in [9.17, 15) is 9.90 Å². The maximum Gasteiger partial charge on any atom is 0.236 e. The number of nitrogens with zero attached hydrogens (tertiary/aromatic N) is 3. The predicted octanol–water partition coefficient (Wildman–Crippen LogP) is 1.10. The van der Waals surface area contributed by atoms with Crippen molar-refractivity contribution in [3.8, 4) is 0 Å². The topological polar surface area (TPSA) is 47.0 Å². The van der Waals surface area contributed by atoms with Crippen LogP contribution in [0.3, 0.4) is 0 Å². The third-order valence-electron chi connectivity index (χ3n) is 5.97. The number of β-amino-alcohol motifs (C(OH)–C–C–N with tert-alkyl or cyclic N) is 1. The summed E-state index contributed by atoms with van der Waals surface area (Å²) in [5.41, 5.74) is 2.05. The zero-order chi connectivity index (χ0) is 17.3. The van der Waals surface area contributed by atoms with E-state index in [-0.39, 0.29) is 5.91 Å². The molecule has 0 saturated carbocycles. The lowest BCUT2D eigenvalue weighted by atomic mass is 9.97. The Morgan fingerprint density at radius 2 is 1.80 bits per heavy atom. The molecular weight excluding hydrogens is 314 g/mol. The highest BCUT2D eigenvalue weighted by Gasteiger charge is 2.40. The predicted molar refractivity (Wildman–Crippen MR) is 97.2 cm³/mol. The normalized spacial score (nSPS) is 27.6. The molecule has 3 heterocycles. The number of fused-ring (bicyclic) bond motifs is 1. The minimum Gasteiger partial charge on any atom is -0.387 e. The van der Waals surface area contributed by atoms with E-state index in [1.54, 1.807) is 0 Å². The van der Waals surface area contributed by atoms with Crippen LogP contribution in [0.25, 0.3) is 0 Å². The Morgan fingerprint density at radius 1 is 1.04 bits per heavy atom. The summed E-state index contributed by atoms with van der Waals surface area (Å²) < 4.78 is 0. The molecule has 5 nitrogen and oxygen atoms in total. The van der Waals surface area contributed by atoms with Gasteiger partial charge in [0.25, 0.3) is 0 Å². The minimum atomic E-state index is -0.757. The van der Waals surface area contributed by atoms with Gasteiger partial charge in [0.15, 0.2) is 0 Å². The molecule has 0 spiro atoms. The lowest BCUT2D eigenvalue weighted by Gasteiger charge is -2.34. The van der Waals surface area contributed by atoms with Crippen LogP contribution in [0.5, 0.6) is 0 Å². The van der Waals surface area contributed by atoms with E-state index >= 15 is 0 Å². The fraction of sp³-hybridized carbons (Fsp3) is 0.650. The molecule has 3 aliphatic heterocycles. The fourth-order valence-electron chi connectivity index (χ4n) is 4.54. The highest BCUT2D eigenvalue weighted by Crippen LogP contribution is 2.26. The molecule has 136 valence electrons. The summed E-state index contributed by atoms with van der Waals surface area (Å²) >= 11 is 0. The Balaban J connectivity index is 1.31. The van der Waals surface area contributed by atoms with Crippen molar-refractivity contribution in [2.45, 2.75) is 37.8 Å². The largest absolute Gasteiger partial charge is 0.387 e. The molecule has 25 heavy (non-hydrogen) atoms. The maximum atomic E-state index is 12.5. The monoisotopic (exact) mass is 343 g/mol. The van der Waals surface area contributed by atoms with Crippen LogP contribution in [0.15, 0.2) is 24.3 Å². The van der Waals surface area contributed by atoms with Crippen LogP contribution in [-0.2, 0) is 17.8 Å². The van der Waals surface area contributed by atoms with E-state index in [0.29, 0.717) is 32.6 Å². The summed E-state index contributed by atoms with van der Waals surface area (Å²) in [6, 6.07) is 8.58. The van der Waals surface area contributed by atoms with Crippen molar-refractivity contribution in [2.75, 3.05) is 45.8 Å². The number of benzene rings is 1. The molecule has 0 aliphatic carbocycles. The van der Waals surface area contributed by atoms with Crippen LogP contribution in [0.2, 0.25) is 0 Å². The molecule has 1 amide bonds. The summed E-state index contributed by atoms with van der Waals surface area (Å²) in [7, 11) is 0. The maximum absolute atomic E-state index is 12.5. The molecule has 3 aliphatic rings. The van der Waals surface area contributed by atoms with Crippen molar-refractivity contribution < 1.29 is 9.90 Å². The molecule has 1 aromatic rings. The Bertz CT molecular complexity index is 629. The van der Waals surface area contributed by atoms with Crippen LogP contribution in [-0.4, -0.2) is 77.1 Å². The lowest BCUT2D eigenvalue weighted by Crippen LogP contribution is -2.48. The average molecular weight is 343 g/mol. The molecular formula is C20H29N3O2. The van der Waals surface area contributed by atoms with Crippen molar-refractivity contribution in [3.63, 3.8) is 0 Å². The Labute approximate surface area is 150 Å². The van der Waals surface area contributed by atoms with E-state index in [1.165, 1.54) is 24.0 Å². The Morgan fingerprint density at radius 3 is 2.60 bits per heavy atom. The first kappa shape index (κ1) is 17.0. The molecule has 0 radical (unpaired) electrons. The van der Waals surface area contributed by atoms with Crippen molar-refractivity contribution >= 4 is 5.91 Å². The van der Waals surface area contributed by atoms with Gasteiger partial charge in [-0.05, 0) is 49.9 Å². The molecule has 2 fully saturated rings. The van der Waals surface area contributed by atoms with Gasteiger partial charge in [0.2, 0.25) is 5.91 Å². The van der Waals surface area contributed by atoms with Crippen molar-refractivity contribution in [2.24, 2.45) is 0 Å². The zero-order valence-corrected chi connectivity index (χ0v) is 15.0. The standard InChI is InChI=1S/C20H29N3O2/c24-19(14-21-9-3-4-10-21)23-12-8-20(25,16-23)15-22-11-7-17-5-1-2-6-18(17)13-22/h1-2,5-6,25H,3-4,7-16H2/t20-/m0/s1. The van der Waals surface area contributed by atoms with Crippen LogP contribution in [0.4, 0.5) is 0 Å². The average Bonchev–Trinajstić information content (AvgIpc) is 3.24. The highest BCUT2D eigenvalue weighted by molar-refractivity contribution is 5.78. The van der Waals surface area contributed by atoms with E-state index in [0.717, 1.165) is 32.6 Å². The van der Waals surface area contributed by atoms with Crippen molar-refractivity contribution in [1.82, 2.24) is 14.7 Å². The van der Waals surface area contributed by atoms with Gasteiger partial charge in [0.1, 0.15) is 0 Å². The third-order valence-corrected chi connectivity index (χ3v) is 5.97. The number of carbonyl (C=O) groups excluding carboxylic acids is 1. The first-order valence-corrected chi connectivity index (χ1v) is 9.63. The zero-order valence-electron chi connectivity index (χ0n) is 15.0. The smallest absolute Gasteiger partial charge is 0.236 e. The van der Waals surface area contributed by atoms with Crippen LogP contribution in [0, 0.1) is 0 Å². The summed E-state index contributed by atoms with van der Waals surface area (Å²) in [6.45, 7) is 6.32. The van der Waals surface area contributed by atoms with Gasteiger partial charge in [-0.1, -0.05) is 24.3 Å². The number of aliphatic hydroxyl groups is 1. The van der Waals surface area contributed by atoms with E-state index in [1.807, 2.05) is 4.90 Å². The first-order chi connectivity index (χ1) is 12.1. The SMILES string of the molecule is O=C(CN1CCCC1)N1CC[C@](O)(CN2CCc3ccccc3C2)C1. The van der Waals surface area contributed by atoms with Crippen LogP contribution >= 0.6 is 0 Å². The number of hydrogen-bond acceptors (Lipinski definition) is 4. The van der Waals surface area contributed by atoms with Crippen LogP contribution in [0.1, 0.15) is 30.4 Å². The number of likely N-dealkylation sites (tertiary alicyclic amines) is 2. The second-order valence-corrected chi connectivity index (χ2v) is 8.00. The molecule has 0 aromatic heterocycles. The van der Waals surface area contributed by atoms with Crippen molar-refractivity contribution in [1.29, 1.82) is 0 Å². The second-order valence-electron chi connectivity index (χ2n) is 8.00. The molecule has 1 aromatic carbocycles. The van der Waals surface area contributed by atoms with Gasteiger partial charge < -0.3 is 10.0 Å². The number of hydrogen-bond donors (Lipinski definition) is 1. The molecule has 4 rings (SSSR count). The van der Waals surface area contributed by atoms with Gasteiger partial charge in [0, 0.05) is 26.2 Å². The number of carbonyl (C=O) groups is 1. The summed E-state index contributed by atoms with van der Waals surface area (Å²) in [5.74, 6) is 0.182. The van der Waals surface area contributed by atoms with Crippen LogP contribution < -0.4 is 0 Å². The van der Waals surface area contributed by atoms with E-state index < -0.39 is 5.60 Å². The van der Waals surface area contributed by atoms with Gasteiger partial charge >= 0.3 is 0 Å². The van der Waals surface area contributed by atoms with Gasteiger partial charge in [0.05, 0.1) is 18.7 Å². The summed E-state index contributed by atoms with van der Waals surface area (Å²) in [5, 5.41) is 11.0. The van der Waals surface area contributed by atoms with Gasteiger partial charge in [-0.3, -0.25) is 14.6 Å². The number of rotatable bonds is 4. The molecule has 1 N–H and O–H groups in total. The fourth-order valence-corrected chi connectivity index (χ4v) is 4.54. The Kier molecular flexibility index (Phi) is 4.80. The lowest BCUT2D eigenvalue weighted by molar-refractivity contribution is -0.132. The summed E-state index contributed by atoms with van der Waals surface area (Å²) in [4.78, 5) is 19.0. The van der Waals surface area contributed by atoms with Crippen molar-refractivity contribution in [3.05, 3.63) is 35.4 Å². The highest BCUT2D eigenvalue weighted by atomic mass is 16.3. The minimum absolute atomic E-state index is 0.182. The van der Waals surface area contributed by atoms with E-state index in [2.05, 4.69) is 34.1 Å².